The summed E-state index contributed by atoms with van der Waals surface area (Å²) in [5, 5.41) is 8.77. The van der Waals surface area contributed by atoms with Gasteiger partial charge < -0.3 is 5.11 Å². The van der Waals surface area contributed by atoms with Gasteiger partial charge in [0.15, 0.2) is 0 Å². The number of carboxylic acids is 1. The van der Waals surface area contributed by atoms with Crippen LogP contribution in [0.15, 0.2) is 47.3 Å². The number of fused-ring (bicyclic) bond motifs is 1. The first-order valence-corrected chi connectivity index (χ1v) is 6.81. The number of carboxylic acid groups (broad SMARTS) is 1. The maximum absolute atomic E-state index is 13.5. The van der Waals surface area contributed by atoms with E-state index in [1.807, 2.05) is 0 Å². The van der Waals surface area contributed by atoms with Crippen molar-refractivity contribution in [1.29, 1.82) is 0 Å². The van der Waals surface area contributed by atoms with Gasteiger partial charge in [-0.3, -0.25) is 9.36 Å². The molecule has 2 aromatic carbocycles. The zero-order valence-corrected chi connectivity index (χ0v) is 12.1. The Morgan fingerprint density at radius 1 is 1.04 bits per heavy atom. The summed E-state index contributed by atoms with van der Waals surface area (Å²) in [7, 11) is 0. The van der Waals surface area contributed by atoms with E-state index < -0.39 is 28.6 Å². The Kier molecular flexibility index (Phi) is 3.61. The number of aromatic carboxylic acids is 1. The van der Waals surface area contributed by atoms with Crippen LogP contribution in [0.5, 0.6) is 0 Å². The zero-order chi connectivity index (χ0) is 16.7. The van der Waals surface area contributed by atoms with Crippen molar-refractivity contribution in [3.63, 3.8) is 0 Å². The van der Waals surface area contributed by atoms with Gasteiger partial charge in [-0.15, -0.1) is 0 Å². The molecule has 0 unspecified atom stereocenters. The first-order chi connectivity index (χ1) is 10.9. The van der Waals surface area contributed by atoms with Crippen LogP contribution in [0.1, 0.15) is 10.4 Å². The molecule has 7 heteroatoms. The molecule has 0 spiro atoms. The molecule has 0 radical (unpaired) electrons. The van der Waals surface area contributed by atoms with Gasteiger partial charge in [0.25, 0.3) is 0 Å². The number of hydrogen-bond donors (Lipinski definition) is 1. The molecule has 3 rings (SSSR count). The number of pyridine rings is 1. The van der Waals surface area contributed by atoms with Crippen molar-refractivity contribution in [2.75, 3.05) is 0 Å². The molecule has 23 heavy (non-hydrogen) atoms. The van der Waals surface area contributed by atoms with Gasteiger partial charge in [0.05, 0.1) is 5.52 Å². The summed E-state index contributed by atoms with van der Waals surface area (Å²) in [6, 6.07) is 8.46. The number of halogens is 3. The van der Waals surface area contributed by atoms with Crippen molar-refractivity contribution in [2.45, 2.75) is 0 Å². The van der Waals surface area contributed by atoms with Crippen LogP contribution < -0.4 is 5.43 Å². The fraction of sp³-hybridized carbons (Fsp3) is 0. The first kappa shape index (κ1) is 15.2. The predicted octanol–water partition coefficient (Wildman–Crippen LogP) is 3.62. The zero-order valence-electron chi connectivity index (χ0n) is 11.4. The number of nitrogens with zero attached hydrogens (tertiary/aromatic N) is 1. The molecule has 0 saturated heterocycles. The molecular weight excluding hydrogens is 328 g/mol. The monoisotopic (exact) mass is 335 g/mol. The second-order valence-electron chi connectivity index (χ2n) is 4.77. The van der Waals surface area contributed by atoms with Crippen molar-refractivity contribution in [3.8, 4) is 5.69 Å². The van der Waals surface area contributed by atoms with Gasteiger partial charge in [0, 0.05) is 11.1 Å². The van der Waals surface area contributed by atoms with Crippen molar-refractivity contribution in [1.82, 2.24) is 4.57 Å². The molecule has 0 aliphatic carbocycles. The van der Waals surface area contributed by atoms with Crippen LogP contribution in [0, 0.1) is 11.6 Å². The highest BCUT2D eigenvalue weighted by Crippen LogP contribution is 2.26. The minimum absolute atomic E-state index is 0.129. The lowest BCUT2D eigenvalue weighted by atomic mass is 10.1. The molecule has 1 heterocycles. The van der Waals surface area contributed by atoms with Crippen molar-refractivity contribution >= 4 is 28.5 Å². The highest BCUT2D eigenvalue weighted by molar-refractivity contribution is 6.33. The second kappa shape index (κ2) is 5.48. The second-order valence-corrected chi connectivity index (χ2v) is 5.13. The molecule has 116 valence electrons. The fourth-order valence-corrected chi connectivity index (χ4v) is 2.71. The molecule has 1 N–H and O–H groups in total. The topological polar surface area (TPSA) is 59.3 Å². The Balaban J connectivity index is 2.51. The minimum Gasteiger partial charge on any atom is -0.477 e. The molecule has 0 atom stereocenters. The molecule has 0 bridgehead atoms. The molecule has 0 aliphatic heterocycles. The van der Waals surface area contributed by atoms with Crippen LogP contribution >= 0.6 is 11.6 Å². The third kappa shape index (κ3) is 2.47. The number of benzene rings is 2. The fourth-order valence-electron chi connectivity index (χ4n) is 2.36. The Bertz CT molecular complexity index is 997. The molecular formula is C16H8ClF2NO3. The van der Waals surface area contributed by atoms with Gasteiger partial charge in [-0.1, -0.05) is 11.6 Å². The maximum atomic E-state index is 13.5. The Hall–Kier alpha value is -2.73. The number of rotatable bonds is 2. The van der Waals surface area contributed by atoms with E-state index in [-0.39, 0.29) is 16.1 Å². The molecule has 0 aliphatic rings. The molecule has 0 fully saturated rings. The van der Waals surface area contributed by atoms with Gasteiger partial charge in [0.1, 0.15) is 22.4 Å². The van der Waals surface area contributed by atoms with E-state index >= 15 is 0 Å². The first-order valence-electron chi connectivity index (χ1n) is 6.43. The average molecular weight is 336 g/mol. The van der Waals surface area contributed by atoms with Gasteiger partial charge in [0.2, 0.25) is 5.43 Å². The summed E-state index contributed by atoms with van der Waals surface area (Å²) >= 11 is 6.10. The van der Waals surface area contributed by atoms with Crippen LogP contribution in [-0.4, -0.2) is 15.6 Å². The largest absolute Gasteiger partial charge is 0.477 e. The average Bonchev–Trinajstić information content (AvgIpc) is 2.49. The van der Waals surface area contributed by atoms with Gasteiger partial charge in [-0.05, 0) is 42.5 Å². The lowest BCUT2D eigenvalue weighted by Crippen LogP contribution is -2.20. The van der Waals surface area contributed by atoms with E-state index in [1.54, 1.807) is 0 Å². The number of carbonyl (C=O) groups is 1. The SMILES string of the molecule is O=C(O)c1c(Cl)n(-c2ccc(F)cc2)c2ccc(F)cc2c1=O. The Morgan fingerprint density at radius 2 is 1.65 bits per heavy atom. The summed E-state index contributed by atoms with van der Waals surface area (Å²) in [5.74, 6) is -2.69. The van der Waals surface area contributed by atoms with E-state index in [0.717, 1.165) is 12.1 Å². The highest BCUT2D eigenvalue weighted by Gasteiger charge is 2.22. The standard InChI is InChI=1S/C16H8ClF2NO3/c17-15-13(16(22)23)14(21)11-7-9(19)3-6-12(11)20(15)10-4-1-8(18)2-5-10/h1-7H,(H,22,23). The van der Waals surface area contributed by atoms with Crippen LogP contribution in [0.25, 0.3) is 16.6 Å². The third-order valence-corrected chi connectivity index (χ3v) is 3.73. The van der Waals surface area contributed by atoms with E-state index in [0.29, 0.717) is 5.69 Å². The van der Waals surface area contributed by atoms with Gasteiger partial charge in [-0.2, -0.15) is 0 Å². The third-order valence-electron chi connectivity index (χ3n) is 3.37. The summed E-state index contributed by atoms with van der Waals surface area (Å²) in [4.78, 5) is 23.6. The van der Waals surface area contributed by atoms with Gasteiger partial charge >= 0.3 is 5.97 Å². The smallest absolute Gasteiger partial charge is 0.342 e. The Labute approximate surface area is 133 Å². The number of aromatic nitrogens is 1. The molecule has 0 saturated carbocycles. The Morgan fingerprint density at radius 3 is 2.26 bits per heavy atom. The van der Waals surface area contributed by atoms with E-state index in [9.17, 15) is 23.5 Å². The quantitative estimate of drug-likeness (QED) is 0.728. The van der Waals surface area contributed by atoms with Crippen molar-refractivity contribution < 1.29 is 18.7 Å². The normalized spacial score (nSPS) is 10.9. The van der Waals surface area contributed by atoms with Crippen molar-refractivity contribution in [3.05, 3.63) is 75.0 Å². The highest BCUT2D eigenvalue weighted by atomic mass is 35.5. The summed E-state index contributed by atoms with van der Waals surface area (Å²) in [6.07, 6.45) is 0. The summed E-state index contributed by atoms with van der Waals surface area (Å²) < 4.78 is 27.8. The van der Waals surface area contributed by atoms with Crippen LogP contribution in [0.3, 0.4) is 0 Å². The molecule has 3 aromatic rings. The summed E-state index contributed by atoms with van der Waals surface area (Å²) in [6.45, 7) is 0. The van der Waals surface area contributed by atoms with Crippen LogP contribution in [0.4, 0.5) is 8.78 Å². The summed E-state index contributed by atoms with van der Waals surface area (Å²) in [5.41, 5.74) is -0.988. The lowest BCUT2D eigenvalue weighted by Gasteiger charge is -2.15. The number of hydrogen-bond acceptors (Lipinski definition) is 2. The molecule has 4 nitrogen and oxygen atoms in total. The minimum atomic E-state index is -1.53. The lowest BCUT2D eigenvalue weighted by molar-refractivity contribution is 0.0695. The predicted molar refractivity (Wildman–Crippen MR) is 81.4 cm³/mol. The molecule has 0 amide bonds. The van der Waals surface area contributed by atoms with Crippen LogP contribution in [0.2, 0.25) is 5.15 Å². The van der Waals surface area contributed by atoms with Crippen molar-refractivity contribution in [2.24, 2.45) is 0 Å². The van der Waals surface area contributed by atoms with E-state index in [4.69, 9.17) is 11.6 Å². The van der Waals surface area contributed by atoms with Crippen LogP contribution in [-0.2, 0) is 0 Å². The van der Waals surface area contributed by atoms with Gasteiger partial charge in [-0.25, -0.2) is 13.6 Å². The van der Waals surface area contributed by atoms with E-state index in [1.165, 1.54) is 34.9 Å². The molecule has 1 aromatic heterocycles. The maximum Gasteiger partial charge on any atom is 0.342 e. The van der Waals surface area contributed by atoms with E-state index in [2.05, 4.69) is 0 Å².